The summed E-state index contributed by atoms with van der Waals surface area (Å²) < 4.78 is 8.28. The Morgan fingerprint density at radius 1 is 1.17 bits per heavy atom. The summed E-state index contributed by atoms with van der Waals surface area (Å²) in [5.41, 5.74) is 0. The Labute approximate surface area is 47.4 Å². The third kappa shape index (κ3) is 27.1. The van der Waals surface area contributed by atoms with Crippen LogP contribution in [0.25, 0.3) is 0 Å². The predicted octanol–water partition coefficient (Wildman–Crippen LogP) is 1.04. The number of unbranched alkanes of at least 4 members (excludes halogenated alkanes) is 1. The maximum absolute atomic E-state index is 8.28. The Kier molecular flexibility index (Phi) is 29.4. The fourth-order valence-electron chi connectivity index (χ4n) is 0. The number of hydrogen-bond acceptors (Lipinski definition) is 1. The van der Waals surface area contributed by atoms with Crippen LogP contribution in [0.2, 0.25) is 0 Å². The van der Waals surface area contributed by atoms with Gasteiger partial charge in [-0.1, -0.05) is 26.7 Å². The van der Waals surface area contributed by atoms with Gasteiger partial charge in [-0.15, -0.1) is 0 Å². The fourth-order valence-corrected chi connectivity index (χ4v) is 0. The first-order chi connectivity index (χ1) is 2.91. The summed E-state index contributed by atoms with van der Waals surface area (Å²) in [6, 6.07) is 0. The van der Waals surface area contributed by atoms with Crippen LogP contribution in [0.5, 0.6) is 0 Å². The van der Waals surface area contributed by atoms with Gasteiger partial charge in [0.1, 0.15) is 0 Å². The zero-order chi connectivity index (χ0) is 5.41. The van der Waals surface area contributed by atoms with E-state index in [0.29, 0.717) is 16.2 Å². The molecule has 0 aliphatic carbocycles. The monoisotopic (exact) mass is 102 g/mol. The molecule has 36 valence electrons. The van der Waals surface area contributed by atoms with E-state index in [1.54, 1.807) is 0 Å². The first-order valence-corrected chi connectivity index (χ1v) is 2.78. The van der Waals surface area contributed by atoms with E-state index in [2.05, 4.69) is 13.8 Å². The van der Waals surface area contributed by atoms with E-state index in [1.807, 2.05) is 0 Å². The molecule has 0 fully saturated rings. The molecule has 0 aromatic heterocycles. The number of rotatable bonds is 1. The molecule has 0 aliphatic heterocycles. The van der Waals surface area contributed by atoms with Crippen LogP contribution in [0.15, 0.2) is 0 Å². The summed E-state index contributed by atoms with van der Waals surface area (Å²) in [5, 5.41) is 0. The van der Waals surface area contributed by atoms with Crippen molar-refractivity contribution in [1.29, 1.82) is 0 Å². The van der Waals surface area contributed by atoms with Crippen molar-refractivity contribution < 1.29 is 3.80 Å². The minimum atomic E-state index is 0.611. The van der Waals surface area contributed by atoms with Gasteiger partial charge in [-0.05, 0) is 0 Å². The quantitative estimate of drug-likeness (QED) is 0.452. The van der Waals surface area contributed by atoms with E-state index < -0.39 is 0 Å². The van der Waals surface area contributed by atoms with Gasteiger partial charge in [0.25, 0.3) is 0 Å². The third-order valence-corrected chi connectivity index (χ3v) is 0.500. The SMILES string of the molecule is CCCC.[O]=[AlH]. The molecule has 0 unspecified atom stereocenters. The standard InChI is InChI=1S/C4H10.Al.O.H/c1-3-4-2;;;/h3-4H2,1-2H3;;;. The molecule has 0 amide bonds. The van der Waals surface area contributed by atoms with Crippen LogP contribution < -0.4 is 0 Å². The van der Waals surface area contributed by atoms with Gasteiger partial charge < -0.3 is 0 Å². The molecule has 0 atom stereocenters. The summed E-state index contributed by atoms with van der Waals surface area (Å²) in [4.78, 5) is 0. The van der Waals surface area contributed by atoms with Crippen LogP contribution in [0, 0.1) is 0 Å². The van der Waals surface area contributed by atoms with Gasteiger partial charge in [0.2, 0.25) is 0 Å². The fraction of sp³-hybridized carbons (Fsp3) is 1.00. The average molecular weight is 102 g/mol. The van der Waals surface area contributed by atoms with E-state index in [9.17, 15) is 0 Å². The third-order valence-electron chi connectivity index (χ3n) is 0.500. The molecule has 0 spiro atoms. The van der Waals surface area contributed by atoms with E-state index >= 15 is 0 Å². The first kappa shape index (κ1) is 9.59. The van der Waals surface area contributed by atoms with Crippen molar-refractivity contribution in [3.05, 3.63) is 0 Å². The van der Waals surface area contributed by atoms with E-state index in [0.717, 1.165) is 0 Å². The van der Waals surface area contributed by atoms with Crippen LogP contribution in [0.1, 0.15) is 26.7 Å². The van der Waals surface area contributed by atoms with Crippen molar-refractivity contribution in [2.24, 2.45) is 0 Å². The average Bonchev–Trinajstić information content (AvgIpc) is 1.72. The zero-order valence-electron chi connectivity index (χ0n) is 4.53. The van der Waals surface area contributed by atoms with E-state index in [1.165, 1.54) is 12.8 Å². The Hall–Kier alpha value is 0.332. The van der Waals surface area contributed by atoms with Crippen LogP contribution in [0.3, 0.4) is 0 Å². The van der Waals surface area contributed by atoms with E-state index in [4.69, 9.17) is 3.80 Å². The second-order valence-electron chi connectivity index (χ2n) is 1.000. The molecule has 0 aliphatic rings. The van der Waals surface area contributed by atoms with Gasteiger partial charge in [0, 0.05) is 0 Å². The van der Waals surface area contributed by atoms with Gasteiger partial charge in [-0.3, -0.25) is 0 Å². The molecular weight excluding hydrogens is 91.0 g/mol. The summed E-state index contributed by atoms with van der Waals surface area (Å²) in [6.45, 7) is 4.36. The molecule has 0 aromatic carbocycles. The molecule has 0 saturated carbocycles. The van der Waals surface area contributed by atoms with Crippen LogP contribution in [-0.4, -0.2) is 16.2 Å². The summed E-state index contributed by atoms with van der Waals surface area (Å²) in [6.07, 6.45) is 2.64. The molecule has 0 saturated heterocycles. The Bertz CT molecular complexity index is 15.0. The molecule has 2 heteroatoms. The maximum atomic E-state index is 8.28. The van der Waals surface area contributed by atoms with Crippen molar-refractivity contribution in [2.45, 2.75) is 26.7 Å². The van der Waals surface area contributed by atoms with Crippen LogP contribution in [-0.2, 0) is 3.80 Å². The molecule has 1 nitrogen and oxygen atoms in total. The summed E-state index contributed by atoms with van der Waals surface area (Å²) in [5.74, 6) is 0. The predicted molar refractivity (Wildman–Crippen MR) is 28.4 cm³/mol. The summed E-state index contributed by atoms with van der Waals surface area (Å²) >= 11 is 0.611. The Morgan fingerprint density at radius 2 is 1.33 bits per heavy atom. The first-order valence-electron chi connectivity index (χ1n) is 2.20. The topological polar surface area (TPSA) is 17.1 Å². The van der Waals surface area contributed by atoms with Crippen molar-refractivity contribution in [2.75, 3.05) is 0 Å². The van der Waals surface area contributed by atoms with Crippen molar-refractivity contribution in [3.63, 3.8) is 0 Å². The second kappa shape index (κ2) is 18.4. The molecule has 0 rings (SSSR count). The van der Waals surface area contributed by atoms with Crippen molar-refractivity contribution in [3.8, 4) is 0 Å². The molecule has 0 radical (unpaired) electrons. The van der Waals surface area contributed by atoms with Gasteiger partial charge in [0.15, 0.2) is 0 Å². The summed E-state index contributed by atoms with van der Waals surface area (Å²) in [7, 11) is 0. The molecule has 0 aromatic rings. The van der Waals surface area contributed by atoms with Gasteiger partial charge in [-0.25, -0.2) is 0 Å². The van der Waals surface area contributed by atoms with Crippen LogP contribution in [0.4, 0.5) is 0 Å². The molecule has 0 heterocycles. The van der Waals surface area contributed by atoms with Crippen molar-refractivity contribution >= 4 is 16.2 Å². The van der Waals surface area contributed by atoms with Gasteiger partial charge >= 0.3 is 20.0 Å². The Morgan fingerprint density at radius 3 is 1.33 bits per heavy atom. The molecular formula is C4H11AlO. The minimum absolute atomic E-state index is 0.611. The van der Waals surface area contributed by atoms with Crippen LogP contribution >= 0.6 is 0 Å². The van der Waals surface area contributed by atoms with Gasteiger partial charge in [0.05, 0.1) is 0 Å². The Balaban J connectivity index is 0. The second-order valence-corrected chi connectivity index (χ2v) is 1.000. The molecule has 0 N–H and O–H groups in total. The van der Waals surface area contributed by atoms with Crippen molar-refractivity contribution in [1.82, 2.24) is 0 Å². The molecule has 0 bridgehead atoms. The van der Waals surface area contributed by atoms with Gasteiger partial charge in [-0.2, -0.15) is 0 Å². The molecule has 6 heavy (non-hydrogen) atoms. The number of hydrogen-bond donors (Lipinski definition) is 0. The normalized spacial score (nSPS) is 5.50. The zero-order valence-corrected chi connectivity index (χ0v) is 5.94. The van der Waals surface area contributed by atoms with E-state index in [-0.39, 0.29) is 0 Å².